The average Bonchev–Trinajstić information content (AvgIpc) is 2.73. The summed E-state index contributed by atoms with van der Waals surface area (Å²) >= 11 is 0. The van der Waals surface area contributed by atoms with Crippen molar-refractivity contribution >= 4 is 28.4 Å². The Balaban J connectivity index is 1.70. The van der Waals surface area contributed by atoms with Gasteiger partial charge in [-0.3, -0.25) is 10.1 Å². The van der Waals surface area contributed by atoms with E-state index < -0.39 is 0 Å². The zero-order valence-corrected chi connectivity index (χ0v) is 15.0. The fraction of sp³-hybridized carbons (Fsp3) is 0.0500. The minimum Gasteiger partial charge on any atom is -0.496 e. The van der Waals surface area contributed by atoms with Gasteiger partial charge in [0.25, 0.3) is 5.91 Å². The van der Waals surface area contributed by atoms with Crippen LogP contribution in [0.25, 0.3) is 22.2 Å². The highest BCUT2D eigenvalue weighted by atomic mass is 16.5. The number of methoxy groups -OCH3 is 1. The Bertz CT molecular complexity index is 1180. The SMILES string of the molecule is COc1ccc(-c2ncnc(NC(=O)c3ccnc(N)c3)n2)c2ccccc12. The Labute approximate surface area is 160 Å². The van der Waals surface area contributed by atoms with Crippen LogP contribution in [0.5, 0.6) is 5.75 Å². The van der Waals surface area contributed by atoms with Gasteiger partial charge in [-0.15, -0.1) is 0 Å². The maximum absolute atomic E-state index is 12.4. The number of benzene rings is 2. The van der Waals surface area contributed by atoms with Crippen LogP contribution < -0.4 is 15.8 Å². The van der Waals surface area contributed by atoms with E-state index in [1.54, 1.807) is 13.2 Å². The minimum atomic E-state index is -0.383. The number of carbonyl (C=O) groups is 1. The molecule has 28 heavy (non-hydrogen) atoms. The van der Waals surface area contributed by atoms with Gasteiger partial charge < -0.3 is 10.5 Å². The first kappa shape index (κ1) is 17.3. The molecular weight excluding hydrogens is 356 g/mol. The fourth-order valence-corrected chi connectivity index (χ4v) is 2.89. The lowest BCUT2D eigenvalue weighted by Crippen LogP contribution is -2.15. The van der Waals surface area contributed by atoms with Crippen LogP contribution in [0, 0.1) is 0 Å². The highest BCUT2D eigenvalue weighted by Gasteiger charge is 2.13. The van der Waals surface area contributed by atoms with Crippen molar-refractivity contribution in [3.63, 3.8) is 0 Å². The molecule has 0 spiro atoms. The number of amides is 1. The Kier molecular flexibility index (Phi) is 4.51. The molecule has 0 bridgehead atoms. The van der Waals surface area contributed by atoms with Crippen LogP contribution in [0.15, 0.2) is 61.1 Å². The third-order valence-electron chi connectivity index (χ3n) is 4.19. The number of rotatable bonds is 4. The maximum Gasteiger partial charge on any atom is 0.258 e. The van der Waals surface area contributed by atoms with Crippen LogP contribution in [-0.2, 0) is 0 Å². The van der Waals surface area contributed by atoms with Gasteiger partial charge in [-0.2, -0.15) is 4.98 Å². The molecule has 0 fully saturated rings. The Morgan fingerprint density at radius 3 is 2.64 bits per heavy atom. The van der Waals surface area contributed by atoms with Gasteiger partial charge in [0.15, 0.2) is 5.82 Å². The first-order valence-corrected chi connectivity index (χ1v) is 8.44. The van der Waals surface area contributed by atoms with Gasteiger partial charge in [0, 0.05) is 22.7 Å². The van der Waals surface area contributed by atoms with E-state index in [0.29, 0.717) is 11.4 Å². The molecule has 2 aromatic carbocycles. The Morgan fingerprint density at radius 2 is 1.86 bits per heavy atom. The minimum absolute atomic E-state index is 0.144. The summed E-state index contributed by atoms with van der Waals surface area (Å²) in [6, 6.07) is 14.6. The summed E-state index contributed by atoms with van der Waals surface area (Å²) in [6.07, 6.45) is 2.82. The third-order valence-corrected chi connectivity index (χ3v) is 4.19. The van der Waals surface area contributed by atoms with Gasteiger partial charge in [-0.05, 0) is 29.7 Å². The maximum atomic E-state index is 12.4. The number of hydrogen-bond acceptors (Lipinski definition) is 7. The molecule has 0 radical (unpaired) electrons. The first-order valence-electron chi connectivity index (χ1n) is 8.44. The molecule has 0 atom stereocenters. The smallest absolute Gasteiger partial charge is 0.258 e. The second kappa shape index (κ2) is 7.28. The summed E-state index contributed by atoms with van der Waals surface area (Å²) in [5.74, 6) is 1.22. The van der Waals surface area contributed by atoms with E-state index >= 15 is 0 Å². The van der Waals surface area contributed by atoms with Crippen LogP contribution in [0.3, 0.4) is 0 Å². The van der Waals surface area contributed by atoms with Gasteiger partial charge >= 0.3 is 0 Å². The number of carbonyl (C=O) groups excluding carboxylic acids is 1. The van der Waals surface area contributed by atoms with Crippen molar-refractivity contribution in [1.82, 2.24) is 19.9 Å². The topological polar surface area (TPSA) is 116 Å². The van der Waals surface area contributed by atoms with Crippen molar-refractivity contribution in [2.45, 2.75) is 0 Å². The molecule has 4 rings (SSSR count). The second-order valence-corrected chi connectivity index (χ2v) is 5.92. The summed E-state index contributed by atoms with van der Waals surface area (Å²) < 4.78 is 5.43. The van der Waals surface area contributed by atoms with Crippen LogP contribution in [0.2, 0.25) is 0 Å². The summed E-state index contributed by atoms with van der Waals surface area (Å²) in [5.41, 5.74) is 6.80. The normalized spacial score (nSPS) is 10.6. The zero-order valence-electron chi connectivity index (χ0n) is 15.0. The summed E-state index contributed by atoms with van der Waals surface area (Å²) in [5, 5.41) is 4.54. The summed E-state index contributed by atoms with van der Waals surface area (Å²) in [4.78, 5) is 29.0. The van der Waals surface area contributed by atoms with Crippen molar-refractivity contribution in [1.29, 1.82) is 0 Å². The number of nitrogens with one attached hydrogen (secondary N) is 1. The molecule has 0 aliphatic carbocycles. The van der Waals surface area contributed by atoms with Crippen molar-refractivity contribution in [2.75, 3.05) is 18.2 Å². The summed E-state index contributed by atoms with van der Waals surface area (Å²) in [6.45, 7) is 0. The molecule has 4 aromatic rings. The zero-order chi connectivity index (χ0) is 19.5. The van der Waals surface area contributed by atoms with Crippen molar-refractivity contribution in [3.05, 3.63) is 66.6 Å². The number of ether oxygens (including phenoxy) is 1. The van der Waals surface area contributed by atoms with E-state index in [0.717, 1.165) is 22.1 Å². The highest BCUT2D eigenvalue weighted by Crippen LogP contribution is 2.32. The molecule has 2 heterocycles. The largest absolute Gasteiger partial charge is 0.496 e. The predicted molar refractivity (Wildman–Crippen MR) is 106 cm³/mol. The molecule has 138 valence electrons. The molecule has 0 saturated carbocycles. The van der Waals surface area contributed by atoms with Crippen LogP contribution in [-0.4, -0.2) is 33.0 Å². The number of nitrogen functional groups attached to an aromatic ring is 1. The molecule has 0 saturated heterocycles. The lowest BCUT2D eigenvalue weighted by atomic mass is 10.0. The fourth-order valence-electron chi connectivity index (χ4n) is 2.89. The highest BCUT2D eigenvalue weighted by molar-refractivity contribution is 6.04. The molecule has 1 amide bonds. The van der Waals surface area contributed by atoms with E-state index in [1.165, 1.54) is 18.6 Å². The number of nitrogens with zero attached hydrogens (tertiary/aromatic N) is 4. The van der Waals surface area contributed by atoms with Gasteiger partial charge in [-0.1, -0.05) is 24.3 Å². The van der Waals surface area contributed by atoms with Gasteiger partial charge in [0.05, 0.1) is 7.11 Å². The van der Waals surface area contributed by atoms with Gasteiger partial charge in [-0.25, -0.2) is 15.0 Å². The number of anilines is 2. The molecule has 8 nitrogen and oxygen atoms in total. The molecule has 2 aromatic heterocycles. The van der Waals surface area contributed by atoms with Crippen LogP contribution in [0.1, 0.15) is 10.4 Å². The molecular formula is C20H16N6O2. The standard InChI is InChI=1S/C20H16N6O2/c1-28-16-7-6-15(13-4-2-3-5-14(13)16)18-23-11-24-20(25-18)26-19(27)12-8-9-22-17(21)10-12/h2-11H,1H3,(H2,21,22)(H,23,24,25,26,27). The first-order chi connectivity index (χ1) is 13.7. The average molecular weight is 372 g/mol. The van der Waals surface area contributed by atoms with E-state index in [2.05, 4.69) is 25.3 Å². The van der Waals surface area contributed by atoms with Crippen molar-refractivity contribution in [3.8, 4) is 17.1 Å². The molecule has 0 unspecified atom stereocenters. The Hall–Kier alpha value is -4.07. The van der Waals surface area contributed by atoms with Crippen molar-refractivity contribution in [2.24, 2.45) is 0 Å². The quantitative estimate of drug-likeness (QED) is 0.566. The number of pyridine rings is 1. The summed E-state index contributed by atoms with van der Waals surface area (Å²) in [7, 11) is 1.63. The van der Waals surface area contributed by atoms with E-state index in [-0.39, 0.29) is 17.7 Å². The number of nitrogens with two attached hydrogens (primary N) is 1. The van der Waals surface area contributed by atoms with Crippen molar-refractivity contribution < 1.29 is 9.53 Å². The third kappa shape index (κ3) is 3.30. The van der Waals surface area contributed by atoms with Gasteiger partial charge in [0.2, 0.25) is 5.95 Å². The lowest BCUT2D eigenvalue weighted by Gasteiger charge is -2.10. The van der Waals surface area contributed by atoms with E-state index in [4.69, 9.17) is 10.5 Å². The monoisotopic (exact) mass is 372 g/mol. The lowest BCUT2D eigenvalue weighted by molar-refractivity contribution is 0.102. The number of hydrogen-bond donors (Lipinski definition) is 2. The van der Waals surface area contributed by atoms with E-state index in [1.807, 2.05) is 36.4 Å². The van der Waals surface area contributed by atoms with Gasteiger partial charge in [0.1, 0.15) is 17.9 Å². The molecule has 3 N–H and O–H groups in total. The number of fused-ring (bicyclic) bond motifs is 1. The molecule has 8 heteroatoms. The molecule has 0 aliphatic rings. The van der Waals surface area contributed by atoms with E-state index in [9.17, 15) is 4.79 Å². The molecule has 0 aliphatic heterocycles. The Morgan fingerprint density at radius 1 is 1.04 bits per heavy atom. The van der Waals surface area contributed by atoms with Crippen LogP contribution >= 0.6 is 0 Å². The second-order valence-electron chi connectivity index (χ2n) is 5.92. The predicted octanol–water partition coefficient (Wildman–Crippen LogP) is 2.93. The number of aromatic nitrogens is 4. The van der Waals surface area contributed by atoms with Crippen LogP contribution in [0.4, 0.5) is 11.8 Å².